The van der Waals surface area contributed by atoms with E-state index in [9.17, 15) is 4.79 Å². The minimum Gasteiger partial charge on any atom is -0.493 e. The second-order valence-electron chi connectivity index (χ2n) is 6.80. The maximum Gasteiger partial charge on any atom is 0.224 e. The van der Waals surface area contributed by atoms with E-state index in [1.54, 1.807) is 11.3 Å². The van der Waals surface area contributed by atoms with Gasteiger partial charge >= 0.3 is 0 Å². The van der Waals surface area contributed by atoms with Gasteiger partial charge in [-0.25, -0.2) is 0 Å². The Balaban J connectivity index is 1.36. The molecule has 4 rings (SSSR count). The molecule has 4 nitrogen and oxygen atoms in total. The van der Waals surface area contributed by atoms with E-state index < -0.39 is 0 Å². The van der Waals surface area contributed by atoms with Crippen LogP contribution < -0.4 is 10.1 Å². The van der Waals surface area contributed by atoms with Crippen LogP contribution in [0, 0.1) is 0 Å². The van der Waals surface area contributed by atoms with E-state index in [2.05, 4.69) is 33.8 Å². The summed E-state index contributed by atoms with van der Waals surface area (Å²) in [4.78, 5) is 16.3. The number of ether oxygens (including phenoxy) is 1. The molecule has 1 N–H and O–H groups in total. The van der Waals surface area contributed by atoms with Crippen LogP contribution in [0.5, 0.6) is 5.75 Å². The van der Waals surface area contributed by atoms with Gasteiger partial charge in [-0.3, -0.25) is 9.69 Å². The summed E-state index contributed by atoms with van der Waals surface area (Å²) in [5.41, 5.74) is 2.29. The molecule has 1 unspecified atom stereocenters. The SMILES string of the molecule is O=C(Cc1ccc2c(c1)CCO2)NCC(c1cccs1)N1CCCC1. The molecule has 25 heavy (non-hydrogen) atoms. The number of hydrogen-bond acceptors (Lipinski definition) is 4. The molecule has 0 bridgehead atoms. The van der Waals surface area contributed by atoms with Crippen LogP contribution in [-0.2, 0) is 17.6 Å². The summed E-state index contributed by atoms with van der Waals surface area (Å²) >= 11 is 1.78. The third kappa shape index (κ3) is 3.88. The van der Waals surface area contributed by atoms with Crippen molar-refractivity contribution in [2.75, 3.05) is 26.2 Å². The molecule has 1 aromatic carbocycles. The molecule has 1 aromatic heterocycles. The van der Waals surface area contributed by atoms with E-state index >= 15 is 0 Å². The lowest BCUT2D eigenvalue weighted by Crippen LogP contribution is -2.37. The summed E-state index contributed by atoms with van der Waals surface area (Å²) < 4.78 is 5.53. The zero-order chi connectivity index (χ0) is 17.1. The summed E-state index contributed by atoms with van der Waals surface area (Å²) in [5, 5.41) is 5.28. The standard InChI is InChI=1S/C20H24N2O2S/c23-20(13-15-5-6-18-16(12-15)7-10-24-18)21-14-17(19-4-3-11-25-19)22-8-1-2-9-22/h3-6,11-12,17H,1-2,7-10,13-14H2,(H,21,23). The Morgan fingerprint density at radius 2 is 2.16 bits per heavy atom. The number of hydrogen-bond donors (Lipinski definition) is 1. The van der Waals surface area contributed by atoms with E-state index in [-0.39, 0.29) is 5.91 Å². The predicted octanol–water partition coefficient (Wildman–Crippen LogP) is 3.18. The number of rotatable bonds is 6. The van der Waals surface area contributed by atoms with Crippen molar-refractivity contribution in [3.8, 4) is 5.75 Å². The maximum absolute atomic E-state index is 12.4. The van der Waals surface area contributed by atoms with E-state index in [1.807, 2.05) is 12.1 Å². The Morgan fingerprint density at radius 3 is 2.96 bits per heavy atom. The van der Waals surface area contributed by atoms with Crippen LogP contribution in [0.4, 0.5) is 0 Å². The van der Waals surface area contributed by atoms with Gasteiger partial charge in [0, 0.05) is 17.8 Å². The Labute approximate surface area is 152 Å². The van der Waals surface area contributed by atoms with Crippen LogP contribution in [0.15, 0.2) is 35.7 Å². The number of carbonyl (C=O) groups excluding carboxylic acids is 1. The monoisotopic (exact) mass is 356 g/mol. The first-order chi connectivity index (χ1) is 12.3. The number of benzene rings is 1. The van der Waals surface area contributed by atoms with Crippen molar-refractivity contribution in [2.45, 2.75) is 31.7 Å². The lowest BCUT2D eigenvalue weighted by atomic mass is 10.1. The van der Waals surface area contributed by atoms with Crippen LogP contribution >= 0.6 is 11.3 Å². The second-order valence-corrected chi connectivity index (χ2v) is 7.77. The highest BCUT2D eigenvalue weighted by atomic mass is 32.1. The molecule has 1 saturated heterocycles. The molecule has 132 valence electrons. The Hall–Kier alpha value is -1.85. The van der Waals surface area contributed by atoms with Crippen molar-refractivity contribution in [3.05, 3.63) is 51.7 Å². The Kier molecular flexibility index (Phi) is 5.04. The fourth-order valence-corrected chi connectivity index (χ4v) is 4.61. The van der Waals surface area contributed by atoms with Gasteiger partial charge in [0.15, 0.2) is 0 Å². The van der Waals surface area contributed by atoms with Gasteiger partial charge in [-0.15, -0.1) is 11.3 Å². The molecular weight excluding hydrogens is 332 g/mol. The van der Waals surface area contributed by atoms with Crippen molar-refractivity contribution >= 4 is 17.2 Å². The zero-order valence-corrected chi connectivity index (χ0v) is 15.2. The fraction of sp³-hybridized carbons (Fsp3) is 0.450. The lowest BCUT2D eigenvalue weighted by molar-refractivity contribution is -0.120. The Morgan fingerprint density at radius 1 is 1.28 bits per heavy atom. The minimum atomic E-state index is 0.0969. The fourth-order valence-electron chi connectivity index (χ4n) is 3.75. The molecule has 0 saturated carbocycles. The van der Waals surface area contributed by atoms with Gasteiger partial charge in [-0.2, -0.15) is 0 Å². The first-order valence-electron chi connectivity index (χ1n) is 9.08. The molecule has 0 radical (unpaired) electrons. The summed E-state index contributed by atoms with van der Waals surface area (Å²) in [6, 6.07) is 10.7. The molecule has 2 aromatic rings. The number of amides is 1. The highest BCUT2D eigenvalue weighted by molar-refractivity contribution is 7.10. The normalized spacial score (nSPS) is 17.9. The smallest absolute Gasteiger partial charge is 0.224 e. The van der Waals surface area contributed by atoms with Gasteiger partial charge in [0.25, 0.3) is 0 Å². The van der Waals surface area contributed by atoms with Gasteiger partial charge in [-0.1, -0.05) is 18.2 Å². The number of thiophene rings is 1. The maximum atomic E-state index is 12.4. The lowest BCUT2D eigenvalue weighted by Gasteiger charge is -2.27. The van der Waals surface area contributed by atoms with Crippen LogP contribution in [-0.4, -0.2) is 37.0 Å². The number of carbonyl (C=O) groups is 1. The molecule has 2 aliphatic rings. The van der Waals surface area contributed by atoms with Crippen molar-refractivity contribution in [3.63, 3.8) is 0 Å². The van der Waals surface area contributed by atoms with Gasteiger partial charge in [-0.05, 0) is 54.6 Å². The largest absolute Gasteiger partial charge is 0.493 e. The van der Waals surface area contributed by atoms with E-state index in [1.165, 1.54) is 23.3 Å². The first kappa shape index (κ1) is 16.6. The zero-order valence-electron chi connectivity index (χ0n) is 14.4. The third-order valence-corrected chi connectivity index (χ3v) is 6.04. The Bertz CT molecular complexity index is 723. The van der Waals surface area contributed by atoms with E-state index in [0.717, 1.165) is 37.4 Å². The van der Waals surface area contributed by atoms with Gasteiger partial charge in [0.2, 0.25) is 5.91 Å². The topological polar surface area (TPSA) is 41.6 Å². The van der Waals surface area contributed by atoms with Gasteiger partial charge < -0.3 is 10.1 Å². The van der Waals surface area contributed by atoms with Crippen LogP contribution in [0.25, 0.3) is 0 Å². The second kappa shape index (κ2) is 7.58. The van der Waals surface area contributed by atoms with Gasteiger partial charge in [0.05, 0.1) is 19.1 Å². The molecule has 5 heteroatoms. The molecule has 1 fully saturated rings. The first-order valence-corrected chi connectivity index (χ1v) is 9.96. The van der Waals surface area contributed by atoms with Crippen molar-refractivity contribution < 1.29 is 9.53 Å². The molecule has 3 heterocycles. The summed E-state index contributed by atoms with van der Waals surface area (Å²) in [6.07, 6.45) is 3.89. The van der Waals surface area contributed by atoms with Crippen molar-refractivity contribution in [2.24, 2.45) is 0 Å². The molecule has 1 amide bonds. The number of nitrogens with zero attached hydrogens (tertiary/aromatic N) is 1. The number of nitrogens with one attached hydrogen (secondary N) is 1. The van der Waals surface area contributed by atoms with E-state index in [0.29, 0.717) is 19.0 Å². The summed E-state index contributed by atoms with van der Waals surface area (Å²) in [5.74, 6) is 1.07. The van der Waals surface area contributed by atoms with Crippen LogP contribution in [0.3, 0.4) is 0 Å². The third-order valence-electron chi connectivity index (χ3n) is 5.06. The number of fused-ring (bicyclic) bond motifs is 1. The highest BCUT2D eigenvalue weighted by Gasteiger charge is 2.24. The molecule has 1 atom stereocenters. The van der Waals surface area contributed by atoms with E-state index in [4.69, 9.17) is 4.74 Å². The quantitative estimate of drug-likeness (QED) is 0.864. The molecular formula is C20H24N2O2S. The average Bonchev–Trinajstić information content (AvgIpc) is 3.37. The number of likely N-dealkylation sites (tertiary alicyclic amines) is 1. The predicted molar refractivity (Wildman–Crippen MR) is 100 cm³/mol. The highest BCUT2D eigenvalue weighted by Crippen LogP contribution is 2.28. The van der Waals surface area contributed by atoms with Crippen molar-refractivity contribution in [1.29, 1.82) is 0 Å². The minimum absolute atomic E-state index is 0.0969. The van der Waals surface area contributed by atoms with Crippen LogP contribution in [0.1, 0.15) is 34.9 Å². The van der Waals surface area contributed by atoms with Crippen molar-refractivity contribution in [1.82, 2.24) is 10.2 Å². The molecule has 2 aliphatic heterocycles. The molecule has 0 spiro atoms. The average molecular weight is 356 g/mol. The summed E-state index contributed by atoms with van der Waals surface area (Å²) in [6.45, 7) is 3.70. The summed E-state index contributed by atoms with van der Waals surface area (Å²) in [7, 11) is 0. The van der Waals surface area contributed by atoms with Crippen LogP contribution in [0.2, 0.25) is 0 Å². The molecule has 0 aliphatic carbocycles. The van der Waals surface area contributed by atoms with Gasteiger partial charge in [0.1, 0.15) is 5.75 Å².